The standard InChI is InChI=1S/C19H25IN6/c20-14-8-10-16(11-9-14)22-18-23-17(21-15-6-2-1-3-7-15)24-19(25-18)26-12-4-5-13-26/h8-11,15H,1-7,12-13H2,(H2,21,22,23,24,25). The van der Waals surface area contributed by atoms with Crippen molar-refractivity contribution in [1.82, 2.24) is 15.0 Å². The molecule has 7 heteroatoms. The Morgan fingerprint density at radius 3 is 2.27 bits per heavy atom. The summed E-state index contributed by atoms with van der Waals surface area (Å²) in [5.74, 6) is 2.09. The van der Waals surface area contributed by atoms with Crippen molar-refractivity contribution >= 4 is 46.1 Å². The van der Waals surface area contributed by atoms with E-state index < -0.39 is 0 Å². The summed E-state index contributed by atoms with van der Waals surface area (Å²) < 4.78 is 1.21. The number of benzene rings is 1. The third-order valence-corrected chi connectivity index (χ3v) is 5.77. The van der Waals surface area contributed by atoms with Gasteiger partial charge < -0.3 is 15.5 Å². The number of anilines is 4. The Morgan fingerprint density at radius 1 is 0.846 bits per heavy atom. The zero-order chi connectivity index (χ0) is 17.8. The third kappa shape index (κ3) is 4.55. The molecule has 0 spiro atoms. The van der Waals surface area contributed by atoms with Gasteiger partial charge in [-0.25, -0.2) is 0 Å². The van der Waals surface area contributed by atoms with Crippen molar-refractivity contribution in [3.05, 3.63) is 27.8 Å². The second kappa shape index (κ2) is 8.37. The minimum atomic E-state index is 0.476. The fourth-order valence-corrected chi connectivity index (χ4v) is 4.00. The first-order chi connectivity index (χ1) is 12.8. The molecule has 0 bridgehead atoms. The maximum atomic E-state index is 4.72. The average Bonchev–Trinajstić information content (AvgIpc) is 3.19. The van der Waals surface area contributed by atoms with E-state index in [0.717, 1.165) is 24.7 Å². The summed E-state index contributed by atoms with van der Waals surface area (Å²) in [4.78, 5) is 16.3. The molecule has 0 atom stereocenters. The predicted molar refractivity (Wildman–Crippen MR) is 114 cm³/mol. The van der Waals surface area contributed by atoms with Crippen molar-refractivity contribution in [1.29, 1.82) is 0 Å². The van der Waals surface area contributed by atoms with Crippen LogP contribution in [-0.4, -0.2) is 34.1 Å². The molecular weight excluding hydrogens is 439 g/mol. The highest BCUT2D eigenvalue weighted by Crippen LogP contribution is 2.24. The molecule has 0 radical (unpaired) electrons. The van der Waals surface area contributed by atoms with Gasteiger partial charge >= 0.3 is 0 Å². The van der Waals surface area contributed by atoms with Gasteiger partial charge in [-0.1, -0.05) is 19.3 Å². The highest BCUT2D eigenvalue weighted by molar-refractivity contribution is 14.1. The molecule has 1 aromatic carbocycles. The number of nitrogens with one attached hydrogen (secondary N) is 2. The number of rotatable bonds is 5. The van der Waals surface area contributed by atoms with E-state index in [4.69, 9.17) is 4.98 Å². The molecule has 2 aromatic rings. The second-order valence-electron chi connectivity index (χ2n) is 7.09. The molecular formula is C19H25IN6. The molecule has 2 fully saturated rings. The van der Waals surface area contributed by atoms with Crippen molar-refractivity contribution in [2.75, 3.05) is 28.6 Å². The van der Waals surface area contributed by atoms with Crippen molar-refractivity contribution < 1.29 is 0 Å². The average molecular weight is 464 g/mol. The molecule has 2 heterocycles. The maximum Gasteiger partial charge on any atom is 0.233 e. The second-order valence-corrected chi connectivity index (χ2v) is 8.33. The van der Waals surface area contributed by atoms with Crippen LogP contribution in [0.1, 0.15) is 44.9 Å². The molecule has 2 N–H and O–H groups in total. The van der Waals surface area contributed by atoms with Crippen LogP contribution < -0.4 is 15.5 Å². The molecule has 1 aromatic heterocycles. The molecule has 1 aliphatic heterocycles. The van der Waals surface area contributed by atoms with Crippen LogP contribution in [0.15, 0.2) is 24.3 Å². The van der Waals surface area contributed by atoms with E-state index in [1.807, 2.05) is 0 Å². The molecule has 0 amide bonds. The summed E-state index contributed by atoms with van der Waals surface area (Å²) in [6.45, 7) is 2.05. The largest absolute Gasteiger partial charge is 0.351 e. The topological polar surface area (TPSA) is 66.0 Å². The van der Waals surface area contributed by atoms with E-state index in [9.17, 15) is 0 Å². The molecule has 2 aliphatic rings. The monoisotopic (exact) mass is 464 g/mol. The van der Waals surface area contributed by atoms with E-state index in [2.05, 4.69) is 72.4 Å². The number of hydrogen-bond acceptors (Lipinski definition) is 6. The summed E-state index contributed by atoms with van der Waals surface area (Å²) in [6.07, 6.45) is 8.72. The Kier molecular flexibility index (Phi) is 5.72. The summed E-state index contributed by atoms with van der Waals surface area (Å²) in [5.41, 5.74) is 0.993. The maximum absolute atomic E-state index is 4.72. The van der Waals surface area contributed by atoms with E-state index in [-0.39, 0.29) is 0 Å². The molecule has 26 heavy (non-hydrogen) atoms. The molecule has 1 saturated carbocycles. The Balaban J connectivity index is 1.57. The van der Waals surface area contributed by atoms with E-state index in [1.165, 1.54) is 48.5 Å². The van der Waals surface area contributed by atoms with Gasteiger partial charge in [0.15, 0.2) is 0 Å². The summed E-state index contributed by atoms with van der Waals surface area (Å²) >= 11 is 2.31. The lowest BCUT2D eigenvalue weighted by atomic mass is 9.96. The first-order valence-corrected chi connectivity index (χ1v) is 10.6. The quantitative estimate of drug-likeness (QED) is 0.633. The predicted octanol–water partition coefficient (Wildman–Crippen LogP) is 4.56. The van der Waals surface area contributed by atoms with Gasteiger partial charge in [0.1, 0.15) is 0 Å². The van der Waals surface area contributed by atoms with Crippen LogP contribution in [0.25, 0.3) is 0 Å². The Morgan fingerprint density at radius 2 is 1.54 bits per heavy atom. The fourth-order valence-electron chi connectivity index (χ4n) is 3.64. The van der Waals surface area contributed by atoms with Gasteiger partial charge in [0.2, 0.25) is 17.8 Å². The van der Waals surface area contributed by atoms with Gasteiger partial charge in [0.05, 0.1) is 0 Å². The molecule has 0 unspecified atom stereocenters. The zero-order valence-electron chi connectivity index (χ0n) is 14.9. The smallest absolute Gasteiger partial charge is 0.233 e. The first-order valence-electron chi connectivity index (χ1n) is 9.56. The van der Waals surface area contributed by atoms with Crippen molar-refractivity contribution in [3.63, 3.8) is 0 Å². The SMILES string of the molecule is Ic1ccc(Nc2nc(NC3CCCCC3)nc(N3CCCC3)n2)cc1. The summed E-state index contributed by atoms with van der Waals surface area (Å²) in [7, 11) is 0. The van der Waals surface area contributed by atoms with Crippen LogP contribution in [0.5, 0.6) is 0 Å². The highest BCUT2D eigenvalue weighted by Gasteiger charge is 2.19. The lowest BCUT2D eigenvalue weighted by Crippen LogP contribution is -2.26. The number of nitrogens with zero attached hydrogens (tertiary/aromatic N) is 4. The van der Waals surface area contributed by atoms with Gasteiger partial charge in [-0.05, 0) is 72.5 Å². The van der Waals surface area contributed by atoms with Gasteiger partial charge in [0.25, 0.3) is 0 Å². The molecule has 6 nitrogen and oxygen atoms in total. The van der Waals surface area contributed by atoms with Gasteiger partial charge in [-0.3, -0.25) is 0 Å². The highest BCUT2D eigenvalue weighted by atomic mass is 127. The molecule has 4 rings (SSSR count). The third-order valence-electron chi connectivity index (χ3n) is 5.05. The van der Waals surface area contributed by atoms with Gasteiger partial charge in [0, 0.05) is 28.4 Å². The molecule has 138 valence electrons. The van der Waals surface area contributed by atoms with Crippen LogP contribution in [0.4, 0.5) is 23.5 Å². The van der Waals surface area contributed by atoms with Crippen LogP contribution in [0, 0.1) is 3.57 Å². The Bertz CT molecular complexity index is 723. The zero-order valence-corrected chi connectivity index (χ0v) is 17.1. The molecule has 1 saturated heterocycles. The number of halogens is 1. The lowest BCUT2D eigenvalue weighted by molar-refractivity contribution is 0.460. The van der Waals surface area contributed by atoms with Crippen LogP contribution in [0.3, 0.4) is 0 Å². The normalized spacial score (nSPS) is 18.1. The minimum Gasteiger partial charge on any atom is -0.351 e. The van der Waals surface area contributed by atoms with Crippen molar-refractivity contribution in [3.8, 4) is 0 Å². The molecule has 1 aliphatic carbocycles. The minimum absolute atomic E-state index is 0.476. The van der Waals surface area contributed by atoms with Crippen LogP contribution in [0.2, 0.25) is 0 Å². The van der Waals surface area contributed by atoms with Crippen molar-refractivity contribution in [2.24, 2.45) is 0 Å². The first kappa shape index (κ1) is 17.8. The van der Waals surface area contributed by atoms with Crippen molar-refractivity contribution in [2.45, 2.75) is 51.0 Å². The van der Waals surface area contributed by atoms with E-state index in [0.29, 0.717) is 17.9 Å². The van der Waals surface area contributed by atoms with E-state index >= 15 is 0 Å². The number of aromatic nitrogens is 3. The number of hydrogen-bond donors (Lipinski definition) is 2. The summed E-state index contributed by atoms with van der Waals surface area (Å²) in [6, 6.07) is 8.73. The van der Waals surface area contributed by atoms with Crippen LogP contribution in [-0.2, 0) is 0 Å². The van der Waals surface area contributed by atoms with Gasteiger partial charge in [-0.15, -0.1) is 0 Å². The van der Waals surface area contributed by atoms with Crippen LogP contribution >= 0.6 is 22.6 Å². The Labute approximate surface area is 168 Å². The Hall–Kier alpha value is -1.64. The lowest BCUT2D eigenvalue weighted by Gasteiger charge is -2.24. The fraction of sp³-hybridized carbons (Fsp3) is 0.526. The van der Waals surface area contributed by atoms with Gasteiger partial charge in [-0.2, -0.15) is 15.0 Å². The summed E-state index contributed by atoms with van der Waals surface area (Å²) in [5, 5.41) is 6.89. The van der Waals surface area contributed by atoms with E-state index in [1.54, 1.807) is 0 Å².